The zero-order valence-electron chi connectivity index (χ0n) is 9.47. The van der Waals surface area contributed by atoms with Crippen LogP contribution in [0.4, 0.5) is 0 Å². The minimum Gasteiger partial charge on any atom is -0.495 e. The van der Waals surface area contributed by atoms with E-state index < -0.39 is 6.04 Å². The van der Waals surface area contributed by atoms with Gasteiger partial charge in [-0.15, -0.1) is 0 Å². The van der Waals surface area contributed by atoms with Gasteiger partial charge in [0.1, 0.15) is 17.9 Å². The number of nitriles is 2. The zero-order chi connectivity index (χ0) is 12.7. The molecule has 2 N–H and O–H groups in total. The molecule has 1 unspecified atom stereocenters. The topological polar surface area (TPSA) is 89.1 Å². The van der Waals surface area contributed by atoms with Gasteiger partial charge < -0.3 is 9.84 Å². The van der Waals surface area contributed by atoms with E-state index in [1.807, 2.05) is 6.07 Å². The molecule has 0 aliphatic carbocycles. The van der Waals surface area contributed by atoms with Gasteiger partial charge in [0.2, 0.25) is 0 Å². The second-order valence-electron chi connectivity index (χ2n) is 3.31. The lowest BCUT2D eigenvalue weighted by Gasteiger charge is -2.12. The third-order valence-corrected chi connectivity index (χ3v) is 2.27. The first-order valence-electron chi connectivity index (χ1n) is 5.08. The molecule has 17 heavy (non-hydrogen) atoms. The minimum absolute atomic E-state index is 0.0422. The lowest BCUT2D eigenvalue weighted by atomic mass is 10.0. The average Bonchev–Trinajstić information content (AvgIpc) is 2.39. The van der Waals surface area contributed by atoms with Gasteiger partial charge in [-0.05, 0) is 17.7 Å². The molecule has 1 aromatic carbocycles. The minimum atomic E-state index is -0.542. The second kappa shape index (κ2) is 6.49. The van der Waals surface area contributed by atoms with Crippen LogP contribution in [0.5, 0.6) is 5.75 Å². The van der Waals surface area contributed by atoms with Crippen LogP contribution >= 0.6 is 0 Å². The first kappa shape index (κ1) is 13.0. The number of ether oxygens (including phenoxy) is 1. The molecule has 0 aliphatic rings. The third kappa shape index (κ3) is 3.18. The Morgan fingerprint density at radius 3 is 2.76 bits per heavy atom. The number of methoxy groups -OCH3 is 1. The van der Waals surface area contributed by atoms with Gasteiger partial charge in [0.05, 0.1) is 25.3 Å². The van der Waals surface area contributed by atoms with E-state index in [1.165, 1.54) is 7.11 Å². The predicted molar refractivity (Wildman–Crippen MR) is 61.2 cm³/mol. The smallest absolute Gasteiger partial charge is 0.136 e. The van der Waals surface area contributed by atoms with Crippen molar-refractivity contribution in [1.82, 2.24) is 5.32 Å². The maximum atomic E-state index is 8.99. The molecule has 0 fully saturated rings. The molecular weight excluding hydrogens is 218 g/mol. The lowest BCUT2D eigenvalue weighted by molar-refractivity contribution is 0.289. The summed E-state index contributed by atoms with van der Waals surface area (Å²) in [6.45, 7) is 0.283. The van der Waals surface area contributed by atoms with Crippen LogP contribution in [0.2, 0.25) is 0 Å². The maximum Gasteiger partial charge on any atom is 0.136 e. The molecule has 0 spiro atoms. The third-order valence-electron chi connectivity index (χ3n) is 2.27. The molecule has 0 aliphatic heterocycles. The van der Waals surface area contributed by atoms with Gasteiger partial charge in [0.25, 0.3) is 0 Å². The molecule has 0 saturated carbocycles. The standard InChI is InChI=1S/C12H13N3O2/c1-17-12-3-2-9(6-10(12)7-13)11(8-14)15-4-5-16/h2-3,6,11,15-16H,4-5H2,1H3. The number of nitrogens with zero attached hydrogens (tertiary/aromatic N) is 2. The summed E-state index contributed by atoms with van der Waals surface area (Å²) < 4.78 is 5.02. The van der Waals surface area contributed by atoms with Gasteiger partial charge in [-0.2, -0.15) is 10.5 Å². The van der Waals surface area contributed by atoms with E-state index in [9.17, 15) is 0 Å². The molecule has 1 atom stereocenters. The molecule has 0 heterocycles. The van der Waals surface area contributed by atoms with Gasteiger partial charge in [-0.3, -0.25) is 5.32 Å². The van der Waals surface area contributed by atoms with Gasteiger partial charge in [0, 0.05) is 6.54 Å². The van der Waals surface area contributed by atoms with E-state index in [2.05, 4.69) is 11.4 Å². The number of rotatable bonds is 5. The fourth-order valence-corrected chi connectivity index (χ4v) is 1.44. The van der Waals surface area contributed by atoms with Crippen molar-refractivity contribution >= 4 is 0 Å². The van der Waals surface area contributed by atoms with E-state index in [0.29, 0.717) is 23.4 Å². The normalized spacial score (nSPS) is 11.3. The molecule has 0 radical (unpaired) electrons. The SMILES string of the molecule is COc1ccc(C(C#N)NCCO)cc1C#N. The molecule has 88 valence electrons. The summed E-state index contributed by atoms with van der Waals surface area (Å²) in [4.78, 5) is 0. The largest absolute Gasteiger partial charge is 0.495 e. The Labute approximate surface area is 99.9 Å². The quantitative estimate of drug-likeness (QED) is 0.779. The van der Waals surface area contributed by atoms with Gasteiger partial charge in [0.15, 0.2) is 0 Å². The first-order valence-corrected chi connectivity index (χ1v) is 5.08. The Hall–Kier alpha value is -2.08. The number of benzene rings is 1. The van der Waals surface area contributed by atoms with Crippen molar-refractivity contribution in [1.29, 1.82) is 10.5 Å². The van der Waals surface area contributed by atoms with E-state index in [0.717, 1.165) is 0 Å². The number of hydrogen-bond acceptors (Lipinski definition) is 5. The van der Waals surface area contributed by atoms with E-state index in [1.54, 1.807) is 18.2 Å². The van der Waals surface area contributed by atoms with Crippen molar-refractivity contribution in [3.63, 3.8) is 0 Å². The molecular formula is C12H13N3O2. The lowest BCUT2D eigenvalue weighted by Crippen LogP contribution is -2.23. The van der Waals surface area contributed by atoms with Gasteiger partial charge >= 0.3 is 0 Å². The Morgan fingerprint density at radius 1 is 1.47 bits per heavy atom. The zero-order valence-corrected chi connectivity index (χ0v) is 9.47. The molecule has 5 heteroatoms. The van der Waals surface area contributed by atoms with Crippen molar-refractivity contribution in [2.75, 3.05) is 20.3 Å². The number of aliphatic hydroxyl groups excluding tert-OH is 1. The summed E-state index contributed by atoms with van der Waals surface area (Å²) in [5.74, 6) is 0.482. The number of aliphatic hydroxyl groups is 1. The average molecular weight is 231 g/mol. The second-order valence-corrected chi connectivity index (χ2v) is 3.31. The van der Waals surface area contributed by atoms with Crippen LogP contribution in [-0.2, 0) is 0 Å². The molecule has 5 nitrogen and oxygen atoms in total. The highest BCUT2D eigenvalue weighted by Gasteiger charge is 2.12. The van der Waals surface area contributed by atoms with Crippen LogP contribution in [0.25, 0.3) is 0 Å². The van der Waals surface area contributed by atoms with Crippen LogP contribution in [0.3, 0.4) is 0 Å². The fourth-order valence-electron chi connectivity index (χ4n) is 1.44. The number of hydrogen-bond donors (Lipinski definition) is 2. The maximum absolute atomic E-state index is 8.99. The van der Waals surface area contributed by atoms with Crippen LogP contribution in [0.1, 0.15) is 17.2 Å². The Bertz CT molecular complexity index is 460. The molecule has 0 bridgehead atoms. The molecule has 1 aromatic rings. The fraction of sp³-hybridized carbons (Fsp3) is 0.333. The van der Waals surface area contributed by atoms with Crippen LogP contribution in [0, 0.1) is 22.7 Å². The Balaban J connectivity index is 2.98. The summed E-state index contributed by atoms with van der Waals surface area (Å²) in [5.41, 5.74) is 1.06. The summed E-state index contributed by atoms with van der Waals surface area (Å²) in [6, 6.07) is 8.52. The Kier molecular flexibility index (Phi) is 4.96. The Morgan fingerprint density at radius 2 is 2.24 bits per heavy atom. The van der Waals surface area contributed by atoms with Crippen molar-refractivity contribution in [3.8, 4) is 17.9 Å². The van der Waals surface area contributed by atoms with Crippen LogP contribution < -0.4 is 10.1 Å². The highest BCUT2D eigenvalue weighted by Crippen LogP contribution is 2.22. The molecule has 0 aromatic heterocycles. The monoisotopic (exact) mass is 231 g/mol. The van der Waals surface area contributed by atoms with Crippen molar-refractivity contribution in [2.24, 2.45) is 0 Å². The summed E-state index contributed by atoms with van der Waals surface area (Å²) in [5, 5.41) is 29.5. The number of nitrogens with one attached hydrogen (secondary N) is 1. The molecule has 0 saturated heterocycles. The van der Waals surface area contributed by atoms with Crippen LogP contribution in [-0.4, -0.2) is 25.4 Å². The van der Waals surface area contributed by atoms with Crippen molar-refractivity contribution in [3.05, 3.63) is 29.3 Å². The van der Waals surface area contributed by atoms with E-state index >= 15 is 0 Å². The first-order chi connectivity index (χ1) is 8.26. The van der Waals surface area contributed by atoms with Gasteiger partial charge in [-0.25, -0.2) is 0 Å². The highest BCUT2D eigenvalue weighted by atomic mass is 16.5. The predicted octanol–water partition coefficient (Wildman–Crippen LogP) is 0.713. The van der Waals surface area contributed by atoms with Crippen molar-refractivity contribution in [2.45, 2.75) is 6.04 Å². The molecule has 0 amide bonds. The van der Waals surface area contributed by atoms with Crippen molar-refractivity contribution < 1.29 is 9.84 Å². The summed E-state index contributed by atoms with van der Waals surface area (Å²) in [6.07, 6.45) is 0. The summed E-state index contributed by atoms with van der Waals surface area (Å²) in [7, 11) is 1.49. The van der Waals surface area contributed by atoms with E-state index in [4.69, 9.17) is 20.4 Å². The molecule has 1 rings (SSSR count). The van der Waals surface area contributed by atoms with Gasteiger partial charge in [-0.1, -0.05) is 6.07 Å². The summed E-state index contributed by atoms with van der Waals surface area (Å²) >= 11 is 0. The highest BCUT2D eigenvalue weighted by molar-refractivity contribution is 5.46. The van der Waals surface area contributed by atoms with Crippen LogP contribution in [0.15, 0.2) is 18.2 Å². The van der Waals surface area contributed by atoms with E-state index in [-0.39, 0.29) is 6.61 Å².